The van der Waals surface area contributed by atoms with Gasteiger partial charge in [0.15, 0.2) is 5.82 Å². The number of nitrogens with zero attached hydrogens (tertiary/aromatic N) is 6. The molecule has 3 aromatic rings. The highest BCUT2D eigenvalue weighted by atomic mass is 16.1. The lowest BCUT2D eigenvalue weighted by Crippen LogP contribution is -2.45. The summed E-state index contributed by atoms with van der Waals surface area (Å²) in [5.74, 6) is 0.868. The van der Waals surface area contributed by atoms with Crippen molar-refractivity contribution in [3.63, 3.8) is 0 Å². The molecule has 0 aromatic carbocycles. The third-order valence-corrected chi connectivity index (χ3v) is 6.20. The molecule has 1 N–H and O–H groups in total. The van der Waals surface area contributed by atoms with Crippen LogP contribution in [0.5, 0.6) is 0 Å². The summed E-state index contributed by atoms with van der Waals surface area (Å²) < 4.78 is 3.50. The van der Waals surface area contributed by atoms with Crippen LogP contribution >= 0.6 is 0 Å². The monoisotopic (exact) mass is 393 g/mol. The second-order valence-electron chi connectivity index (χ2n) is 8.03. The SMILES string of the molecule is O=c1cc2c(nn1CCN1CCCCC1CNc1nccn3nccc13)CCC2. The highest BCUT2D eigenvalue weighted by molar-refractivity contribution is 5.66. The van der Waals surface area contributed by atoms with E-state index < -0.39 is 0 Å². The van der Waals surface area contributed by atoms with Crippen molar-refractivity contribution in [2.45, 2.75) is 51.1 Å². The molecule has 0 amide bonds. The van der Waals surface area contributed by atoms with Crippen LogP contribution in [0.1, 0.15) is 36.9 Å². The lowest BCUT2D eigenvalue weighted by Gasteiger charge is -2.36. The van der Waals surface area contributed by atoms with Gasteiger partial charge in [0.05, 0.1) is 18.4 Å². The molecule has 1 aliphatic heterocycles. The number of aromatic nitrogens is 5. The van der Waals surface area contributed by atoms with Crippen LogP contribution in [0.25, 0.3) is 5.52 Å². The Labute approximate surface area is 169 Å². The van der Waals surface area contributed by atoms with E-state index in [1.165, 1.54) is 12.8 Å². The van der Waals surface area contributed by atoms with Crippen LogP contribution in [-0.2, 0) is 19.4 Å². The highest BCUT2D eigenvalue weighted by Gasteiger charge is 2.23. The maximum atomic E-state index is 12.4. The van der Waals surface area contributed by atoms with Crippen LogP contribution in [-0.4, -0.2) is 55.0 Å². The van der Waals surface area contributed by atoms with Gasteiger partial charge in [-0.05, 0) is 50.3 Å². The number of nitrogens with one attached hydrogen (secondary N) is 1. The van der Waals surface area contributed by atoms with Gasteiger partial charge in [-0.15, -0.1) is 0 Å². The lowest BCUT2D eigenvalue weighted by molar-refractivity contribution is 0.148. The Bertz CT molecular complexity index is 1060. The highest BCUT2D eigenvalue weighted by Crippen LogP contribution is 2.20. The molecule has 8 heteroatoms. The van der Waals surface area contributed by atoms with Crippen molar-refractivity contribution in [2.75, 3.05) is 25.0 Å². The first-order valence-electron chi connectivity index (χ1n) is 10.6. The summed E-state index contributed by atoms with van der Waals surface area (Å²) in [6, 6.07) is 4.20. The van der Waals surface area contributed by atoms with E-state index in [9.17, 15) is 4.79 Å². The number of likely N-dealkylation sites (tertiary alicyclic amines) is 1. The lowest BCUT2D eigenvalue weighted by atomic mass is 10.0. The Morgan fingerprint density at radius 1 is 1.14 bits per heavy atom. The fourth-order valence-corrected chi connectivity index (χ4v) is 4.62. The van der Waals surface area contributed by atoms with Crippen LogP contribution in [0.2, 0.25) is 0 Å². The second-order valence-corrected chi connectivity index (χ2v) is 8.03. The van der Waals surface area contributed by atoms with E-state index in [1.807, 2.05) is 16.8 Å². The minimum Gasteiger partial charge on any atom is -0.367 e. The molecule has 4 heterocycles. The van der Waals surface area contributed by atoms with Gasteiger partial charge >= 0.3 is 0 Å². The molecule has 3 aromatic heterocycles. The Morgan fingerprint density at radius 3 is 3.07 bits per heavy atom. The maximum Gasteiger partial charge on any atom is 0.267 e. The number of hydrogen-bond donors (Lipinski definition) is 1. The van der Waals surface area contributed by atoms with Gasteiger partial charge in [-0.3, -0.25) is 9.69 Å². The Kier molecular flexibility index (Phi) is 5.01. The van der Waals surface area contributed by atoms with Crippen LogP contribution in [0.4, 0.5) is 5.82 Å². The number of piperidine rings is 1. The van der Waals surface area contributed by atoms with E-state index in [0.29, 0.717) is 12.6 Å². The molecule has 1 fully saturated rings. The Morgan fingerprint density at radius 2 is 2.10 bits per heavy atom. The first-order chi connectivity index (χ1) is 14.3. The van der Waals surface area contributed by atoms with Crippen molar-refractivity contribution in [3.8, 4) is 0 Å². The van der Waals surface area contributed by atoms with Crippen LogP contribution in [0, 0.1) is 0 Å². The maximum absolute atomic E-state index is 12.4. The molecule has 152 valence electrons. The van der Waals surface area contributed by atoms with Gasteiger partial charge in [-0.25, -0.2) is 14.2 Å². The number of rotatable bonds is 6. The number of fused-ring (bicyclic) bond motifs is 2. The number of anilines is 1. The molecule has 1 saturated heterocycles. The predicted octanol–water partition coefficient (Wildman–Crippen LogP) is 1.74. The molecule has 1 unspecified atom stereocenters. The molecule has 0 radical (unpaired) electrons. The average Bonchev–Trinajstić information content (AvgIpc) is 3.40. The van der Waals surface area contributed by atoms with Gasteiger partial charge < -0.3 is 5.32 Å². The summed E-state index contributed by atoms with van der Waals surface area (Å²) in [6.45, 7) is 3.40. The van der Waals surface area contributed by atoms with E-state index in [0.717, 1.165) is 67.9 Å². The van der Waals surface area contributed by atoms with E-state index in [1.54, 1.807) is 23.1 Å². The van der Waals surface area contributed by atoms with E-state index in [-0.39, 0.29) is 5.56 Å². The molecule has 1 aliphatic carbocycles. The van der Waals surface area contributed by atoms with Crippen molar-refractivity contribution in [2.24, 2.45) is 0 Å². The van der Waals surface area contributed by atoms with E-state index in [2.05, 4.69) is 25.4 Å². The third kappa shape index (κ3) is 3.76. The fourth-order valence-electron chi connectivity index (χ4n) is 4.62. The summed E-state index contributed by atoms with van der Waals surface area (Å²) in [6.07, 6.45) is 12.1. The van der Waals surface area contributed by atoms with Crippen LogP contribution < -0.4 is 10.9 Å². The molecule has 5 rings (SSSR count). The molecule has 0 saturated carbocycles. The number of hydrogen-bond acceptors (Lipinski definition) is 6. The zero-order chi connectivity index (χ0) is 19.6. The van der Waals surface area contributed by atoms with Gasteiger partial charge in [-0.2, -0.15) is 10.2 Å². The molecule has 0 bridgehead atoms. The minimum atomic E-state index is 0.0361. The van der Waals surface area contributed by atoms with Gasteiger partial charge in [0.25, 0.3) is 5.56 Å². The van der Waals surface area contributed by atoms with Crippen LogP contribution in [0.3, 0.4) is 0 Å². The first kappa shape index (κ1) is 18.3. The normalized spacial score (nSPS) is 19.5. The summed E-state index contributed by atoms with van der Waals surface area (Å²) in [5.41, 5.74) is 3.28. The van der Waals surface area contributed by atoms with Gasteiger partial charge in [-0.1, -0.05) is 6.42 Å². The summed E-state index contributed by atoms with van der Waals surface area (Å²) in [7, 11) is 0. The predicted molar refractivity (Wildman–Crippen MR) is 111 cm³/mol. The molecule has 2 aliphatic rings. The third-order valence-electron chi connectivity index (χ3n) is 6.20. The minimum absolute atomic E-state index is 0.0361. The van der Waals surface area contributed by atoms with Gasteiger partial charge in [0.2, 0.25) is 0 Å². The van der Waals surface area contributed by atoms with Crippen LogP contribution in [0.15, 0.2) is 35.5 Å². The second kappa shape index (κ2) is 7.94. The molecular weight excluding hydrogens is 366 g/mol. The summed E-state index contributed by atoms with van der Waals surface area (Å²) in [5, 5.41) is 12.4. The largest absolute Gasteiger partial charge is 0.367 e. The van der Waals surface area contributed by atoms with Crippen molar-refractivity contribution < 1.29 is 0 Å². The van der Waals surface area contributed by atoms with E-state index in [4.69, 9.17) is 0 Å². The molecule has 1 atom stereocenters. The Hall–Kier alpha value is -2.74. The number of aryl methyl sites for hydroxylation is 2. The van der Waals surface area contributed by atoms with Gasteiger partial charge in [0.1, 0.15) is 5.52 Å². The molecule has 29 heavy (non-hydrogen) atoms. The van der Waals surface area contributed by atoms with E-state index >= 15 is 0 Å². The first-order valence-corrected chi connectivity index (χ1v) is 10.6. The average molecular weight is 393 g/mol. The zero-order valence-corrected chi connectivity index (χ0v) is 16.6. The fraction of sp³-hybridized carbons (Fsp3) is 0.524. The standard InChI is InChI=1S/C21H27N7O/c29-20-14-16-4-3-6-18(16)25-28(20)13-12-26-10-2-1-5-17(26)15-23-21-19-7-8-24-27(19)11-9-22-21/h7-9,11,14,17H,1-6,10,12-13,15H2,(H,22,23). The molecular formula is C21H27N7O. The van der Waals surface area contributed by atoms with Crippen molar-refractivity contribution in [3.05, 3.63) is 52.3 Å². The van der Waals surface area contributed by atoms with Crippen molar-refractivity contribution in [1.82, 2.24) is 29.3 Å². The van der Waals surface area contributed by atoms with Crippen molar-refractivity contribution >= 4 is 11.3 Å². The topological polar surface area (TPSA) is 80.4 Å². The quantitative estimate of drug-likeness (QED) is 0.687. The molecule has 8 nitrogen and oxygen atoms in total. The van der Waals surface area contributed by atoms with Crippen molar-refractivity contribution in [1.29, 1.82) is 0 Å². The summed E-state index contributed by atoms with van der Waals surface area (Å²) in [4.78, 5) is 19.4. The van der Waals surface area contributed by atoms with Gasteiger partial charge in [0, 0.05) is 37.6 Å². The summed E-state index contributed by atoms with van der Waals surface area (Å²) >= 11 is 0. The Balaban J connectivity index is 1.25. The molecule has 0 spiro atoms. The smallest absolute Gasteiger partial charge is 0.267 e. The zero-order valence-electron chi connectivity index (χ0n) is 16.6.